The molecule has 1 heterocycles. The van der Waals surface area contributed by atoms with Crippen molar-refractivity contribution in [2.24, 2.45) is 0 Å². The first-order chi connectivity index (χ1) is 10.6. The number of hydrogen-bond acceptors (Lipinski definition) is 3. The quantitative estimate of drug-likeness (QED) is 0.921. The Morgan fingerprint density at radius 3 is 2.36 bits per heavy atom. The van der Waals surface area contributed by atoms with Crippen LogP contribution in [0.5, 0.6) is 0 Å². The van der Waals surface area contributed by atoms with Crippen molar-refractivity contribution in [3.63, 3.8) is 0 Å². The van der Waals surface area contributed by atoms with Crippen LogP contribution < -0.4 is 5.32 Å². The van der Waals surface area contributed by atoms with Gasteiger partial charge in [-0.3, -0.25) is 9.59 Å². The minimum absolute atomic E-state index is 0.143. The zero-order valence-corrected chi connectivity index (χ0v) is 13.0. The molecule has 116 valence electrons. The van der Waals surface area contributed by atoms with Gasteiger partial charge in [-0.2, -0.15) is 5.10 Å². The molecule has 1 aromatic carbocycles. The van der Waals surface area contributed by atoms with E-state index in [2.05, 4.69) is 10.4 Å². The van der Waals surface area contributed by atoms with Gasteiger partial charge in [0.1, 0.15) is 11.4 Å². The van der Waals surface area contributed by atoms with Crippen molar-refractivity contribution in [3.05, 3.63) is 42.1 Å². The number of aromatic nitrogens is 2. The molecule has 0 bridgehead atoms. The van der Waals surface area contributed by atoms with Crippen molar-refractivity contribution in [1.82, 2.24) is 14.7 Å². The Morgan fingerprint density at radius 2 is 1.82 bits per heavy atom. The van der Waals surface area contributed by atoms with Gasteiger partial charge in [0, 0.05) is 20.0 Å². The summed E-state index contributed by atoms with van der Waals surface area (Å²) in [7, 11) is 0. The highest BCUT2D eigenvalue weighted by Crippen LogP contribution is 2.21. The fourth-order valence-corrected chi connectivity index (χ4v) is 2.24. The van der Waals surface area contributed by atoms with Crippen molar-refractivity contribution >= 4 is 17.6 Å². The van der Waals surface area contributed by atoms with Crippen molar-refractivity contribution in [2.45, 2.75) is 20.8 Å². The topological polar surface area (TPSA) is 67.2 Å². The summed E-state index contributed by atoms with van der Waals surface area (Å²) in [5.41, 5.74) is 1.17. The lowest BCUT2D eigenvalue weighted by Crippen LogP contribution is -2.31. The van der Waals surface area contributed by atoms with Crippen molar-refractivity contribution in [1.29, 1.82) is 0 Å². The van der Waals surface area contributed by atoms with Crippen LogP contribution in [0.15, 0.2) is 36.5 Å². The van der Waals surface area contributed by atoms with E-state index in [4.69, 9.17) is 0 Å². The summed E-state index contributed by atoms with van der Waals surface area (Å²) < 4.78 is 1.57. The number of carbonyl (C=O) groups is 2. The predicted octanol–water partition coefficient (Wildman–Crippen LogP) is 2.31. The van der Waals surface area contributed by atoms with Gasteiger partial charge in [0.15, 0.2) is 0 Å². The van der Waals surface area contributed by atoms with Crippen LogP contribution in [0.3, 0.4) is 0 Å². The molecule has 0 saturated heterocycles. The molecule has 0 fully saturated rings. The lowest BCUT2D eigenvalue weighted by molar-refractivity contribution is -0.114. The van der Waals surface area contributed by atoms with Gasteiger partial charge < -0.3 is 10.2 Å². The lowest BCUT2D eigenvalue weighted by Gasteiger charge is -2.19. The number of para-hydroxylation sites is 1. The smallest absolute Gasteiger partial charge is 0.259 e. The van der Waals surface area contributed by atoms with E-state index >= 15 is 0 Å². The fourth-order valence-electron chi connectivity index (χ4n) is 2.24. The number of benzene rings is 1. The molecule has 6 nitrogen and oxygen atoms in total. The van der Waals surface area contributed by atoms with E-state index < -0.39 is 0 Å². The van der Waals surface area contributed by atoms with Gasteiger partial charge in [-0.15, -0.1) is 0 Å². The standard InChI is InChI=1S/C16H20N4O2/c1-4-19(5-2)16(22)14-11-17-20(15(14)18-12(3)21)13-9-7-6-8-10-13/h6-11H,4-5H2,1-3H3,(H,18,21). The summed E-state index contributed by atoms with van der Waals surface area (Å²) in [6.45, 7) is 6.45. The molecule has 22 heavy (non-hydrogen) atoms. The first-order valence-corrected chi connectivity index (χ1v) is 7.28. The zero-order valence-electron chi connectivity index (χ0n) is 13.0. The molecule has 2 rings (SSSR count). The van der Waals surface area contributed by atoms with E-state index in [9.17, 15) is 9.59 Å². The first-order valence-electron chi connectivity index (χ1n) is 7.28. The lowest BCUT2D eigenvalue weighted by atomic mass is 10.2. The Kier molecular flexibility index (Phi) is 4.93. The van der Waals surface area contributed by atoms with Gasteiger partial charge in [0.25, 0.3) is 5.91 Å². The van der Waals surface area contributed by atoms with Gasteiger partial charge in [0.05, 0.1) is 11.9 Å². The second kappa shape index (κ2) is 6.89. The van der Waals surface area contributed by atoms with Crippen LogP contribution in [0.2, 0.25) is 0 Å². The van der Waals surface area contributed by atoms with E-state index in [-0.39, 0.29) is 11.8 Å². The molecule has 0 radical (unpaired) electrons. The molecule has 2 amide bonds. The molecule has 0 unspecified atom stereocenters. The van der Waals surface area contributed by atoms with Crippen LogP contribution in [0.4, 0.5) is 5.82 Å². The van der Waals surface area contributed by atoms with E-state index in [0.29, 0.717) is 24.5 Å². The second-order valence-corrected chi connectivity index (χ2v) is 4.81. The molecule has 6 heteroatoms. The number of nitrogens with one attached hydrogen (secondary N) is 1. The number of hydrogen-bond donors (Lipinski definition) is 1. The zero-order chi connectivity index (χ0) is 16.1. The van der Waals surface area contributed by atoms with Gasteiger partial charge in [0.2, 0.25) is 5.91 Å². The van der Waals surface area contributed by atoms with Gasteiger partial charge in [-0.05, 0) is 26.0 Å². The summed E-state index contributed by atoms with van der Waals surface area (Å²) in [4.78, 5) is 25.8. The molecule has 1 N–H and O–H groups in total. The van der Waals surface area contributed by atoms with Crippen LogP contribution in [-0.4, -0.2) is 39.6 Å². The molecule has 0 aliphatic carbocycles. The highest BCUT2D eigenvalue weighted by Gasteiger charge is 2.22. The van der Waals surface area contributed by atoms with Crippen LogP contribution in [0.25, 0.3) is 5.69 Å². The van der Waals surface area contributed by atoms with E-state index in [1.165, 1.54) is 13.1 Å². The molecule has 0 saturated carbocycles. The van der Waals surface area contributed by atoms with Crippen LogP contribution in [0.1, 0.15) is 31.1 Å². The van der Waals surface area contributed by atoms with Crippen molar-refractivity contribution < 1.29 is 9.59 Å². The molecule has 1 aromatic heterocycles. The SMILES string of the molecule is CCN(CC)C(=O)c1cnn(-c2ccccc2)c1NC(C)=O. The number of amides is 2. The molecular weight excluding hydrogens is 280 g/mol. The van der Waals surface area contributed by atoms with Gasteiger partial charge in [-0.1, -0.05) is 18.2 Å². The van der Waals surface area contributed by atoms with E-state index in [1.807, 2.05) is 44.2 Å². The maximum absolute atomic E-state index is 12.6. The van der Waals surface area contributed by atoms with Crippen LogP contribution in [0, 0.1) is 0 Å². The van der Waals surface area contributed by atoms with Gasteiger partial charge in [-0.25, -0.2) is 4.68 Å². The summed E-state index contributed by atoms with van der Waals surface area (Å²) in [6, 6.07) is 9.38. The number of carbonyl (C=O) groups excluding carboxylic acids is 2. The minimum atomic E-state index is -0.244. The molecule has 0 aliphatic rings. The molecular formula is C16H20N4O2. The predicted molar refractivity (Wildman–Crippen MR) is 85.1 cm³/mol. The Bertz CT molecular complexity index is 660. The number of nitrogens with zero attached hydrogens (tertiary/aromatic N) is 3. The number of anilines is 1. The van der Waals surface area contributed by atoms with Crippen molar-refractivity contribution in [2.75, 3.05) is 18.4 Å². The summed E-state index contributed by atoms with van der Waals surface area (Å²) in [6.07, 6.45) is 1.50. The van der Waals surface area contributed by atoms with Crippen LogP contribution >= 0.6 is 0 Å². The Balaban J connectivity index is 2.49. The average molecular weight is 300 g/mol. The highest BCUT2D eigenvalue weighted by molar-refractivity contribution is 6.02. The fraction of sp³-hybridized carbons (Fsp3) is 0.312. The second-order valence-electron chi connectivity index (χ2n) is 4.81. The highest BCUT2D eigenvalue weighted by atomic mass is 16.2. The molecule has 2 aromatic rings. The maximum atomic E-state index is 12.6. The maximum Gasteiger partial charge on any atom is 0.259 e. The summed E-state index contributed by atoms with van der Waals surface area (Å²) in [5, 5.41) is 6.98. The first kappa shape index (κ1) is 15.8. The Morgan fingerprint density at radius 1 is 1.18 bits per heavy atom. The average Bonchev–Trinajstić information content (AvgIpc) is 2.92. The Labute approximate surface area is 129 Å². The minimum Gasteiger partial charge on any atom is -0.339 e. The van der Waals surface area contributed by atoms with E-state index in [1.54, 1.807) is 9.58 Å². The van der Waals surface area contributed by atoms with Gasteiger partial charge >= 0.3 is 0 Å². The number of rotatable bonds is 5. The van der Waals surface area contributed by atoms with Crippen molar-refractivity contribution in [3.8, 4) is 5.69 Å². The summed E-state index contributed by atoms with van der Waals surface area (Å²) in [5.74, 6) is 0.0119. The van der Waals surface area contributed by atoms with Crippen LogP contribution in [-0.2, 0) is 4.79 Å². The summed E-state index contributed by atoms with van der Waals surface area (Å²) >= 11 is 0. The third-order valence-corrected chi connectivity index (χ3v) is 3.35. The Hall–Kier alpha value is -2.63. The molecule has 0 atom stereocenters. The molecule has 0 aliphatic heterocycles. The normalized spacial score (nSPS) is 10.3. The van der Waals surface area contributed by atoms with E-state index in [0.717, 1.165) is 5.69 Å². The third kappa shape index (κ3) is 3.16. The monoisotopic (exact) mass is 300 g/mol. The molecule has 0 spiro atoms. The third-order valence-electron chi connectivity index (χ3n) is 3.35. The largest absolute Gasteiger partial charge is 0.339 e.